The van der Waals surface area contributed by atoms with Crippen molar-refractivity contribution in [2.24, 2.45) is 0 Å². The van der Waals surface area contributed by atoms with E-state index in [0.717, 1.165) is 36.5 Å². The molecular formula is C16H25Cl2NO. The second-order valence-corrected chi connectivity index (χ2v) is 5.81. The number of halogens is 2. The summed E-state index contributed by atoms with van der Waals surface area (Å²) in [5.74, 6) is 0.641. The fraction of sp³-hybridized carbons (Fsp3) is 0.625. The maximum absolute atomic E-state index is 6.23. The van der Waals surface area contributed by atoms with E-state index in [1.165, 1.54) is 25.7 Å². The fourth-order valence-corrected chi connectivity index (χ4v) is 2.65. The average molecular weight is 318 g/mol. The number of aryl methyl sites for hydroxylation is 1. The van der Waals surface area contributed by atoms with E-state index in [0.29, 0.717) is 10.8 Å². The first-order valence-electron chi connectivity index (χ1n) is 7.41. The first kappa shape index (κ1) is 17.6. The summed E-state index contributed by atoms with van der Waals surface area (Å²) >= 11 is 12.3. The standard InChI is InChI=1S/C16H25Cl2NO/c1-3-9-19-10-7-5-4-6-8-13-11-15(18)16(20-2)12-14(13)17/h11-12,19H,3-10H2,1-2H3. The van der Waals surface area contributed by atoms with Gasteiger partial charge in [-0.1, -0.05) is 43.0 Å². The molecule has 0 aliphatic carbocycles. The second-order valence-electron chi connectivity index (χ2n) is 4.99. The van der Waals surface area contributed by atoms with Gasteiger partial charge in [0.2, 0.25) is 0 Å². The number of unbranched alkanes of at least 4 members (excludes halogenated alkanes) is 3. The maximum atomic E-state index is 6.23. The Morgan fingerprint density at radius 1 is 1.00 bits per heavy atom. The normalized spacial score (nSPS) is 10.8. The number of rotatable bonds is 10. The number of hydrogen-bond donors (Lipinski definition) is 1. The molecule has 0 atom stereocenters. The van der Waals surface area contributed by atoms with Gasteiger partial charge >= 0.3 is 0 Å². The molecule has 1 N–H and O–H groups in total. The molecule has 0 unspecified atom stereocenters. The van der Waals surface area contributed by atoms with Crippen molar-refractivity contribution >= 4 is 23.2 Å². The minimum atomic E-state index is 0.635. The van der Waals surface area contributed by atoms with Crippen molar-refractivity contribution < 1.29 is 4.74 Å². The number of methoxy groups -OCH3 is 1. The van der Waals surface area contributed by atoms with E-state index in [1.54, 1.807) is 13.2 Å². The third-order valence-electron chi connectivity index (χ3n) is 3.30. The van der Waals surface area contributed by atoms with Crippen molar-refractivity contribution in [1.29, 1.82) is 0 Å². The molecule has 0 radical (unpaired) electrons. The third kappa shape index (κ3) is 6.34. The zero-order valence-corrected chi connectivity index (χ0v) is 14.0. The van der Waals surface area contributed by atoms with Crippen molar-refractivity contribution in [3.63, 3.8) is 0 Å². The predicted octanol–water partition coefficient (Wildman–Crippen LogP) is 5.10. The largest absolute Gasteiger partial charge is 0.495 e. The van der Waals surface area contributed by atoms with E-state index < -0.39 is 0 Å². The van der Waals surface area contributed by atoms with E-state index >= 15 is 0 Å². The van der Waals surface area contributed by atoms with E-state index in [4.69, 9.17) is 27.9 Å². The highest BCUT2D eigenvalue weighted by atomic mass is 35.5. The predicted molar refractivity (Wildman–Crippen MR) is 88.3 cm³/mol. The van der Waals surface area contributed by atoms with Crippen LogP contribution in [0.4, 0.5) is 0 Å². The number of hydrogen-bond acceptors (Lipinski definition) is 2. The van der Waals surface area contributed by atoms with Crippen molar-refractivity contribution in [3.05, 3.63) is 27.7 Å². The Labute approximate surface area is 132 Å². The molecule has 0 fully saturated rings. The molecule has 0 bridgehead atoms. The lowest BCUT2D eigenvalue weighted by atomic mass is 10.1. The van der Waals surface area contributed by atoms with E-state index in [2.05, 4.69) is 12.2 Å². The van der Waals surface area contributed by atoms with Crippen molar-refractivity contribution in [2.45, 2.75) is 45.4 Å². The lowest BCUT2D eigenvalue weighted by Crippen LogP contribution is -2.15. The SMILES string of the molecule is CCCNCCCCCCc1cc(Cl)c(OC)cc1Cl. The van der Waals surface area contributed by atoms with Gasteiger partial charge in [-0.3, -0.25) is 0 Å². The number of benzene rings is 1. The quantitative estimate of drug-likeness (QED) is 0.606. The molecule has 0 aliphatic heterocycles. The van der Waals surface area contributed by atoms with E-state index in [-0.39, 0.29) is 0 Å². The molecule has 1 aromatic carbocycles. The van der Waals surface area contributed by atoms with Crippen LogP contribution in [0.25, 0.3) is 0 Å². The Morgan fingerprint density at radius 2 is 1.75 bits per heavy atom. The van der Waals surface area contributed by atoms with Crippen LogP contribution >= 0.6 is 23.2 Å². The summed E-state index contributed by atoms with van der Waals surface area (Å²) < 4.78 is 5.15. The van der Waals surface area contributed by atoms with Crippen LogP contribution in [0.2, 0.25) is 10.0 Å². The molecular weight excluding hydrogens is 293 g/mol. The Kier molecular flexibility index (Phi) is 9.08. The average Bonchev–Trinajstić information content (AvgIpc) is 2.44. The van der Waals surface area contributed by atoms with Crippen LogP contribution in [0, 0.1) is 0 Å². The highest BCUT2D eigenvalue weighted by Crippen LogP contribution is 2.31. The van der Waals surface area contributed by atoms with Gasteiger partial charge in [-0.25, -0.2) is 0 Å². The van der Waals surface area contributed by atoms with Gasteiger partial charge in [-0.05, 0) is 50.4 Å². The topological polar surface area (TPSA) is 21.3 Å². The van der Waals surface area contributed by atoms with Crippen LogP contribution in [0.15, 0.2) is 12.1 Å². The van der Waals surface area contributed by atoms with E-state index in [1.807, 2.05) is 6.07 Å². The summed E-state index contributed by atoms with van der Waals surface area (Å²) in [6.45, 7) is 4.44. The van der Waals surface area contributed by atoms with Crippen LogP contribution in [0.3, 0.4) is 0 Å². The number of nitrogens with one attached hydrogen (secondary N) is 1. The maximum Gasteiger partial charge on any atom is 0.138 e. The monoisotopic (exact) mass is 317 g/mol. The van der Waals surface area contributed by atoms with Crippen molar-refractivity contribution in [3.8, 4) is 5.75 Å². The Balaban J connectivity index is 2.23. The summed E-state index contributed by atoms with van der Waals surface area (Å²) in [6.07, 6.45) is 7.07. The Bertz CT molecular complexity index is 396. The van der Waals surface area contributed by atoms with Gasteiger partial charge in [0.1, 0.15) is 5.75 Å². The molecule has 0 saturated heterocycles. The lowest BCUT2D eigenvalue weighted by molar-refractivity contribution is 0.415. The Morgan fingerprint density at radius 3 is 2.45 bits per heavy atom. The third-order valence-corrected chi connectivity index (χ3v) is 3.94. The van der Waals surface area contributed by atoms with Gasteiger partial charge in [-0.15, -0.1) is 0 Å². The fourth-order valence-electron chi connectivity index (χ4n) is 2.14. The molecule has 0 heterocycles. The first-order chi connectivity index (χ1) is 9.69. The van der Waals surface area contributed by atoms with Gasteiger partial charge in [0, 0.05) is 11.1 Å². The van der Waals surface area contributed by atoms with Gasteiger partial charge in [0.15, 0.2) is 0 Å². The summed E-state index contributed by atoms with van der Waals surface area (Å²) in [4.78, 5) is 0. The smallest absolute Gasteiger partial charge is 0.138 e. The molecule has 0 saturated carbocycles. The molecule has 4 heteroatoms. The molecule has 20 heavy (non-hydrogen) atoms. The molecule has 0 aliphatic rings. The van der Waals surface area contributed by atoms with Gasteiger partial charge in [0.05, 0.1) is 12.1 Å². The Hall–Kier alpha value is -0.440. The summed E-state index contributed by atoms with van der Waals surface area (Å²) in [6, 6.07) is 3.72. The highest BCUT2D eigenvalue weighted by Gasteiger charge is 2.07. The van der Waals surface area contributed by atoms with Crippen LogP contribution < -0.4 is 10.1 Å². The molecule has 2 nitrogen and oxygen atoms in total. The van der Waals surface area contributed by atoms with Gasteiger partial charge in [-0.2, -0.15) is 0 Å². The molecule has 0 aromatic heterocycles. The minimum Gasteiger partial charge on any atom is -0.495 e. The molecule has 1 aromatic rings. The van der Waals surface area contributed by atoms with Crippen LogP contribution in [0.5, 0.6) is 5.75 Å². The van der Waals surface area contributed by atoms with Crippen molar-refractivity contribution in [2.75, 3.05) is 20.2 Å². The lowest BCUT2D eigenvalue weighted by Gasteiger charge is -2.09. The van der Waals surface area contributed by atoms with Gasteiger partial charge < -0.3 is 10.1 Å². The zero-order chi connectivity index (χ0) is 14.8. The van der Waals surface area contributed by atoms with Crippen LogP contribution in [0.1, 0.15) is 44.6 Å². The molecule has 0 amide bonds. The van der Waals surface area contributed by atoms with E-state index in [9.17, 15) is 0 Å². The van der Waals surface area contributed by atoms with Crippen LogP contribution in [-0.2, 0) is 6.42 Å². The molecule has 0 spiro atoms. The number of ether oxygens (including phenoxy) is 1. The zero-order valence-electron chi connectivity index (χ0n) is 12.5. The summed E-state index contributed by atoms with van der Waals surface area (Å²) in [7, 11) is 1.60. The van der Waals surface area contributed by atoms with Crippen molar-refractivity contribution in [1.82, 2.24) is 5.32 Å². The first-order valence-corrected chi connectivity index (χ1v) is 8.17. The molecule has 114 valence electrons. The highest BCUT2D eigenvalue weighted by molar-refractivity contribution is 6.34. The van der Waals surface area contributed by atoms with Crippen LogP contribution in [-0.4, -0.2) is 20.2 Å². The minimum absolute atomic E-state index is 0.635. The van der Waals surface area contributed by atoms with Gasteiger partial charge in [0.25, 0.3) is 0 Å². The summed E-state index contributed by atoms with van der Waals surface area (Å²) in [5.41, 5.74) is 1.11. The molecule has 1 rings (SSSR count). The second kappa shape index (κ2) is 10.3. The summed E-state index contributed by atoms with van der Waals surface area (Å²) in [5, 5.41) is 4.80.